The zero-order chi connectivity index (χ0) is 18.7. The highest BCUT2D eigenvalue weighted by Gasteiger charge is 2.40. The third kappa shape index (κ3) is 3.53. The molecule has 0 spiro atoms. The summed E-state index contributed by atoms with van der Waals surface area (Å²) < 4.78 is 46.4. The van der Waals surface area contributed by atoms with Crippen molar-refractivity contribution in [3.05, 3.63) is 72.1 Å². The number of anilines is 1. The summed E-state index contributed by atoms with van der Waals surface area (Å²) in [6.07, 6.45) is -3.84. The maximum atomic E-state index is 13.6. The third-order valence-corrected chi connectivity index (χ3v) is 3.63. The van der Waals surface area contributed by atoms with Crippen LogP contribution in [0.5, 0.6) is 5.75 Å². The molecule has 0 aliphatic heterocycles. The first kappa shape index (κ1) is 17.5. The maximum absolute atomic E-state index is 13.6. The molecule has 2 aromatic carbocycles. The van der Waals surface area contributed by atoms with Crippen LogP contribution in [0.2, 0.25) is 0 Å². The molecule has 0 fully saturated rings. The minimum atomic E-state index is -4.75. The lowest BCUT2D eigenvalue weighted by atomic mass is 10.2. The summed E-state index contributed by atoms with van der Waals surface area (Å²) in [5.74, 6) is -0.333. The molecule has 0 radical (unpaired) electrons. The molecule has 0 bridgehead atoms. The molecule has 1 N–H and O–H groups in total. The third-order valence-electron chi connectivity index (χ3n) is 3.63. The van der Waals surface area contributed by atoms with E-state index in [-0.39, 0.29) is 5.69 Å². The second-order valence-electron chi connectivity index (χ2n) is 5.33. The van der Waals surface area contributed by atoms with Gasteiger partial charge in [-0.05, 0) is 36.4 Å². The van der Waals surface area contributed by atoms with E-state index in [1.165, 1.54) is 31.4 Å². The number of amides is 1. The van der Waals surface area contributed by atoms with Crippen molar-refractivity contribution in [2.75, 3.05) is 12.4 Å². The molecule has 8 heteroatoms. The van der Waals surface area contributed by atoms with Crippen LogP contribution in [0.4, 0.5) is 18.9 Å². The Hall–Kier alpha value is -3.29. The molecule has 0 saturated heterocycles. The van der Waals surface area contributed by atoms with Crippen molar-refractivity contribution in [2.45, 2.75) is 6.18 Å². The lowest BCUT2D eigenvalue weighted by Gasteiger charge is -2.13. The number of benzene rings is 2. The molecule has 1 amide bonds. The van der Waals surface area contributed by atoms with Gasteiger partial charge in [0.15, 0.2) is 5.69 Å². The molecule has 0 saturated carbocycles. The first-order chi connectivity index (χ1) is 12.4. The zero-order valence-electron chi connectivity index (χ0n) is 13.6. The molecule has 0 unspecified atom stereocenters. The van der Waals surface area contributed by atoms with E-state index in [9.17, 15) is 18.0 Å². The number of nitrogens with zero attached hydrogens (tertiary/aromatic N) is 2. The van der Waals surface area contributed by atoms with Crippen molar-refractivity contribution >= 4 is 11.6 Å². The normalized spacial score (nSPS) is 11.2. The number of methoxy groups -OCH3 is 1. The maximum Gasteiger partial charge on any atom is 0.434 e. The number of carbonyl (C=O) groups is 1. The fourth-order valence-electron chi connectivity index (χ4n) is 2.43. The topological polar surface area (TPSA) is 56.1 Å². The summed E-state index contributed by atoms with van der Waals surface area (Å²) in [6.45, 7) is 0. The Morgan fingerprint density at radius 1 is 1.08 bits per heavy atom. The second-order valence-corrected chi connectivity index (χ2v) is 5.33. The highest BCUT2D eigenvalue weighted by Crippen LogP contribution is 2.34. The predicted octanol–water partition coefficient (Wildman–Crippen LogP) is 4.15. The van der Waals surface area contributed by atoms with Gasteiger partial charge in [0.25, 0.3) is 5.91 Å². The number of hydrogen-bond donors (Lipinski definition) is 1. The molecule has 134 valence electrons. The van der Waals surface area contributed by atoms with Crippen LogP contribution in [0.15, 0.2) is 60.8 Å². The molecule has 3 rings (SSSR count). The van der Waals surface area contributed by atoms with Gasteiger partial charge < -0.3 is 10.1 Å². The van der Waals surface area contributed by atoms with Crippen molar-refractivity contribution in [3.63, 3.8) is 0 Å². The van der Waals surface area contributed by atoms with Crippen LogP contribution in [0.3, 0.4) is 0 Å². The van der Waals surface area contributed by atoms with E-state index in [2.05, 4.69) is 10.4 Å². The number of aromatic nitrogens is 2. The van der Waals surface area contributed by atoms with Gasteiger partial charge in [-0.15, -0.1) is 0 Å². The largest absolute Gasteiger partial charge is 0.497 e. The monoisotopic (exact) mass is 361 g/mol. The van der Waals surface area contributed by atoms with Crippen molar-refractivity contribution in [1.29, 1.82) is 0 Å². The van der Waals surface area contributed by atoms with Crippen LogP contribution in [-0.2, 0) is 6.18 Å². The van der Waals surface area contributed by atoms with Gasteiger partial charge in [0.2, 0.25) is 0 Å². The summed E-state index contributed by atoms with van der Waals surface area (Å²) >= 11 is 0. The first-order valence-electron chi connectivity index (χ1n) is 7.56. The molecular weight excluding hydrogens is 347 g/mol. The number of nitrogens with one attached hydrogen (secondary N) is 1. The summed E-state index contributed by atoms with van der Waals surface area (Å²) in [5.41, 5.74) is -1.13. The number of halogens is 3. The highest BCUT2D eigenvalue weighted by atomic mass is 19.4. The average molecular weight is 361 g/mol. The minimum Gasteiger partial charge on any atom is -0.497 e. The molecule has 0 atom stereocenters. The summed E-state index contributed by atoms with van der Waals surface area (Å²) in [5, 5.41) is 6.20. The van der Waals surface area contributed by atoms with E-state index in [4.69, 9.17) is 4.74 Å². The highest BCUT2D eigenvalue weighted by molar-refractivity contribution is 6.05. The van der Waals surface area contributed by atoms with E-state index in [1.807, 2.05) is 0 Å². The number of para-hydroxylation sites is 1. The standard InChI is InChI=1S/C18H14F3N3O2/c1-26-14-9-7-12(8-10-14)23-17(25)15-11-22-24(16(15)18(19,20)21)13-5-3-2-4-6-13/h2-11H,1H3,(H,23,25). The van der Waals surface area contributed by atoms with Crippen LogP contribution in [0.1, 0.15) is 16.1 Å². The van der Waals surface area contributed by atoms with Gasteiger partial charge in [-0.3, -0.25) is 4.79 Å². The molecule has 1 aromatic heterocycles. The van der Waals surface area contributed by atoms with Crippen molar-refractivity contribution in [3.8, 4) is 11.4 Å². The Labute approximate surface area is 147 Å². The van der Waals surface area contributed by atoms with Gasteiger partial charge in [-0.25, -0.2) is 4.68 Å². The van der Waals surface area contributed by atoms with E-state index in [0.29, 0.717) is 16.1 Å². The molecule has 26 heavy (non-hydrogen) atoms. The van der Waals surface area contributed by atoms with E-state index in [0.717, 1.165) is 6.20 Å². The van der Waals surface area contributed by atoms with Crippen LogP contribution in [0, 0.1) is 0 Å². The molecule has 0 aliphatic rings. The lowest BCUT2D eigenvalue weighted by molar-refractivity contribution is -0.143. The van der Waals surface area contributed by atoms with Gasteiger partial charge in [-0.2, -0.15) is 18.3 Å². The molecule has 3 aromatic rings. The zero-order valence-corrected chi connectivity index (χ0v) is 13.6. The first-order valence-corrected chi connectivity index (χ1v) is 7.56. The quantitative estimate of drug-likeness (QED) is 0.759. The number of alkyl halides is 3. The van der Waals surface area contributed by atoms with Crippen molar-refractivity contribution < 1.29 is 22.7 Å². The number of ether oxygens (including phenoxy) is 1. The summed E-state index contributed by atoms with van der Waals surface area (Å²) in [6, 6.07) is 14.1. The smallest absolute Gasteiger partial charge is 0.434 e. The van der Waals surface area contributed by atoms with Gasteiger partial charge in [0, 0.05) is 5.69 Å². The van der Waals surface area contributed by atoms with E-state index in [1.54, 1.807) is 30.3 Å². The van der Waals surface area contributed by atoms with Crippen molar-refractivity contribution in [1.82, 2.24) is 9.78 Å². The van der Waals surface area contributed by atoms with Gasteiger partial charge >= 0.3 is 6.18 Å². The van der Waals surface area contributed by atoms with Crippen molar-refractivity contribution in [2.24, 2.45) is 0 Å². The van der Waals surface area contributed by atoms with E-state index < -0.39 is 23.3 Å². The number of hydrogen-bond acceptors (Lipinski definition) is 3. The number of carbonyl (C=O) groups excluding carboxylic acids is 1. The van der Waals surface area contributed by atoms with E-state index >= 15 is 0 Å². The second kappa shape index (κ2) is 6.91. The van der Waals surface area contributed by atoms with Crippen LogP contribution in [-0.4, -0.2) is 22.8 Å². The Morgan fingerprint density at radius 3 is 2.31 bits per heavy atom. The van der Waals surface area contributed by atoms with Crippen LogP contribution < -0.4 is 10.1 Å². The van der Waals surface area contributed by atoms with Gasteiger partial charge in [0.05, 0.1) is 24.6 Å². The molecule has 1 heterocycles. The lowest BCUT2D eigenvalue weighted by Crippen LogP contribution is -2.20. The molecule has 5 nitrogen and oxygen atoms in total. The summed E-state index contributed by atoms with van der Waals surface area (Å²) in [4.78, 5) is 12.4. The average Bonchev–Trinajstić information content (AvgIpc) is 3.09. The Bertz CT molecular complexity index is 904. The van der Waals surface area contributed by atoms with Crippen LogP contribution in [0.25, 0.3) is 5.69 Å². The van der Waals surface area contributed by atoms with Gasteiger partial charge in [-0.1, -0.05) is 18.2 Å². The molecular formula is C18H14F3N3O2. The molecule has 0 aliphatic carbocycles. The van der Waals surface area contributed by atoms with Crippen LogP contribution >= 0.6 is 0 Å². The number of rotatable bonds is 4. The Morgan fingerprint density at radius 2 is 1.73 bits per heavy atom. The fourth-order valence-corrected chi connectivity index (χ4v) is 2.43. The summed E-state index contributed by atoms with van der Waals surface area (Å²) in [7, 11) is 1.49. The SMILES string of the molecule is COc1ccc(NC(=O)c2cnn(-c3ccccc3)c2C(F)(F)F)cc1. The minimum absolute atomic E-state index is 0.211. The fraction of sp³-hybridized carbons (Fsp3) is 0.111. The van der Waals surface area contributed by atoms with Gasteiger partial charge in [0.1, 0.15) is 5.75 Å². The Balaban J connectivity index is 1.96. The Kier molecular flexibility index (Phi) is 4.66. The predicted molar refractivity (Wildman–Crippen MR) is 89.5 cm³/mol.